The van der Waals surface area contributed by atoms with Gasteiger partial charge in [0.05, 0.1) is 0 Å². The summed E-state index contributed by atoms with van der Waals surface area (Å²) in [4.78, 5) is 0. The first-order valence-corrected chi connectivity index (χ1v) is 6.16. The Kier molecular flexibility index (Phi) is 3.49. The highest BCUT2D eigenvalue weighted by Crippen LogP contribution is 2.28. The Labute approximate surface area is 97.7 Å². The Balaban J connectivity index is 2.13. The number of benzene rings is 1. The fourth-order valence-electron chi connectivity index (χ4n) is 2.60. The average molecular weight is 219 g/mol. The van der Waals surface area contributed by atoms with Gasteiger partial charge in [-0.3, -0.25) is 0 Å². The van der Waals surface area contributed by atoms with Crippen molar-refractivity contribution in [2.75, 3.05) is 13.1 Å². The zero-order valence-corrected chi connectivity index (χ0v) is 10.2. The topological polar surface area (TPSA) is 32.3 Å². The van der Waals surface area contributed by atoms with Crippen molar-refractivity contribution in [3.8, 4) is 5.75 Å². The van der Waals surface area contributed by atoms with Gasteiger partial charge in [-0.15, -0.1) is 0 Å². The van der Waals surface area contributed by atoms with Gasteiger partial charge in [-0.2, -0.15) is 0 Å². The van der Waals surface area contributed by atoms with Crippen LogP contribution in [0.25, 0.3) is 0 Å². The Morgan fingerprint density at radius 3 is 2.62 bits per heavy atom. The first-order valence-electron chi connectivity index (χ1n) is 6.16. The lowest BCUT2D eigenvalue weighted by molar-refractivity contribution is 0.366. The van der Waals surface area contributed by atoms with E-state index in [1.165, 1.54) is 18.4 Å². The quantitative estimate of drug-likeness (QED) is 0.801. The van der Waals surface area contributed by atoms with Gasteiger partial charge in [-0.05, 0) is 63.2 Å². The molecule has 2 nitrogen and oxygen atoms in total. The summed E-state index contributed by atoms with van der Waals surface area (Å²) in [6.45, 7) is 6.32. The van der Waals surface area contributed by atoms with Gasteiger partial charge < -0.3 is 10.4 Å². The van der Waals surface area contributed by atoms with E-state index < -0.39 is 0 Å². The second kappa shape index (κ2) is 4.88. The largest absolute Gasteiger partial charge is 0.507 e. The molecule has 2 N–H and O–H groups in total. The molecule has 1 fully saturated rings. The predicted molar refractivity (Wildman–Crippen MR) is 66.9 cm³/mol. The van der Waals surface area contributed by atoms with Crippen LogP contribution in [0, 0.1) is 19.8 Å². The lowest BCUT2D eigenvalue weighted by atomic mass is 9.89. The van der Waals surface area contributed by atoms with Crippen molar-refractivity contribution in [3.63, 3.8) is 0 Å². The molecule has 0 amide bonds. The van der Waals surface area contributed by atoms with E-state index in [0.717, 1.165) is 36.6 Å². The lowest BCUT2D eigenvalue weighted by Crippen LogP contribution is -2.28. The Bertz CT molecular complexity index is 367. The van der Waals surface area contributed by atoms with Gasteiger partial charge in [-0.25, -0.2) is 0 Å². The summed E-state index contributed by atoms with van der Waals surface area (Å²) >= 11 is 0. The lowest BCUT2D eigenvalue weighted by Gasteiger charge is -2.23. The molecule has 0 bridgehead atoms. The third-order valence-corrected chi connectivity index (χ3v) is 3.49. The third kappa shape index (κ3) is 2.56. The molecule has 0 aromatic heterocycles. The van der Waals surface area contributed by atoms with Gasteiger partial charge in [-0.1, -0.05) is 17.7 Å². The molecule has 1 aromatic carbocycles. The second-order valence-corrected chi connectivity index (χ2v) is 4.99. The van der Waals surface area contributed by atoms with Crippen molar-refractivity contribution in [3.05, 3.63) is 28.8 Å². The van der Waals surface area contributed by atoms with Crippen molar-refractivity contribution < 1.29 is 5.11 Å². The standard InChI is InChI=1S/C14H21NO/c1-10-7-11(2)14(16)13(8-10)9-12-3-5-15-6-4-12/h7-8,12,15-16H,3-6,9H2,1-2H3. The number of rotatable bonds is 2. The molecule has 16 heavy (non-hydrogen) atoms. The van der Waals surface area contributed by atoms with Gasteiger partial charge in [0.15, 0.2) is 0 Å². The highest BCUT2D eigenvalue weighted by molar-refractivity contribution is 5.42. The summed E-state index contributed by atoms with van der Waals surface area (Å²) < 4.78 is 0. The molecule has 0 unspecified atom stereocenters. The van der Waals surface area contributed by atoms with E-state index in [1.807, 2.05) is 13.0 Å². The molecular weight excluding hydrogens is 198 g/mol. The highest BCUT2D eigenvalue weighted by atomic mass is 16.3. The van der Waals surface area contributed by atoms with Crippen LogP contribution < -0.4 is 5.32 Å². The summed E-state index contributed by atoms with van der Waals surface area (Å²) in [5, 5.41) is 13.4. The maximum atomic E-state index is 10.0. The molecule has 2 rings (SSSR count). The van der Waals surface area contributed by atoms with Gasteiger partial charge in [0.2, 0.25) is 0 Å². The molecule has 0 saturated carbocycles. The summed E-state index contributed by atoms with van der Waals surface area (Å²) in [7, 11) is 0. The number of hydrogen-bond donors (Lipinski definition) is 2. The number of aromatic hydroxyl groups is 1. The van der Waals surface area contributed by atoms with E-state index >= 15 is 0 Å². The molecule has 1 aromatic rings. The van der Waals surface area contributed by atoms with Crippen LogP contribution in [0.4, 0.5) is 0 Å². The van der Waals surface area contributed by atoms with E-state index in [2.05, 4.69) is 18.3 Å². The molecule has 88 valence electrons. The first kappa shape index (κ1) is 11.5. The van der Waals surface area contributed by atoms with Crippen LogP contribution in [0.2, 0.25) is 0 Å². The number of piperidine rings is 1. The molecule has 1 aliphatic rings. The molecule has 0 atom stereocenters. The summed E-state index contributed by atoms with van der Waals surface area (Å²) in [6.07, 6.45) is 3.48. The number of aryl methyl sites for hydroxylation is 2. The van der Waals surface area contributed by atoms with E-state index in [9.17, 15) is 5.11 Å². The van der Waals surface area contributed by atoms with E-state index in [0.29, 0.717) is 5.75 Å². The van der Waals surface area contributed by atoms with Crippen LogP contribution in [0.1, 0.15) is 29.5 Å². The number of hydrogen-bond acceptors (Lipinski definition) is 2. The average Bonchev–Trinajstić information content (AvgIpc) is 2.27. The zero-order valence-electron chi connectivity index (χ0n) is 10.2. The molecule has 1 heterocycles. The summed E-state index contributed by atoms with van der Waals surface area (Å²) in [5.74, 6) is 1.23. The number of phenols is 1. The van der Waals surface area contributed by atoms with Gasteiger partial charge in [0.25, 0.3) is 0 Å². The van der Waals surface area contributed by atoms with Crippen molar-refractivity contribution in [2.24, 2.45) is 5.92 Å². The Morgan fingerprint density at radius 2 is 1.94 bits per heavy atom. The molecule has 1 saturated heterocycles. The minimum Gasteiger partial charge on any atom is -0.507 e. The summed E-state index contributed by atoms with van der Waals surface area (Å²) in [6, 6.07) is 4.17. The normalized spacial score (nSPS) is 17.6. The second-order valence-electron chi connectivity index (χ2n) is 4.99. The predicted octanol–water partition coefficient (Wildman–Crippen LogP) is 2.55. The third-order valence-electron chi connectivity index (χ3n) is 3.49. The zero-order chi connectivity index (χ0) is 11.5. The van der Waals surface area contributed by atoms with Gasteiger partial charge in [0, 0.05) is 0 Å². The fraction of sp³-hybridized carbons (Fsp3) is 0.571. The van der Waals surface area contributed by atoms with Crippen molar-refractivity contribution >= 4 is 0 Å². The van der Waals surface area contributed by atoms with Crippen LogP contribution >= 0.6 is 0 Å². The van der Waals surface area contributed by atoms with Crippen LogP contribution in [0.5, 0.6) is 5.75 Å². The van der Waals surface area contributed by atoms with Crippen LogP contribution in [0.3, 0.4) is 0 Å². The maximum absolute atomic E-state index is 10.0. The molecule has 1 aliphatic heterocycles. The number of nitrogens with one attached hydrogen (secondary N) is 1. The number of phenolic OH excluding ortho intramolecular Hbond substituents is 1. The van der Waals surface area contributed by atoms with Crippen LogP contribution in [-0.4, -0.2) is 18.2 Å². The Hall–Kier alpha value is -1.02. The molecule has 0 spiro atoms. The Morgan fingerprint density at radius 1 is 1.25 bits per heavy atom. The highest BCUT2D eigenvalue weighted by Gasteiger charge is 2.16. The van der Waals surface area contributed by atoms with E-state index in [4.69, 9.17) is 0 Å². The maximum Gasteiger partial charge on any atom is 0.121 e. The molecule has 2 heteroatoms. The molecule has 0 radical (unpaired) electrons. The molecular formula is C14H21NO. The van der Waals surface area contributed by atoms with Crippen molar-refractivity contribution in [1.82, 2.24) is 5.32 Å². The van der Waals surface area contributed by atoms with Crippen molar-refractivity contribution in [1.29, 1.82) is 0 Å². The van der Waals surface area contributed by atoms with Gasteiger partial charge >= 0.3 is 0 Å². The van der Waals surface area contributed by atoms with Crippen LogP contribution in [0.15, 0.2) is 12.1 Å². The van der Waals surface area contributed by atoms with Crippen LogP contribution in [-0.2, 0) is 6.42 Å². The summed E-state index contributed by atoms with van der Waals surface area (Å²) in [5.41, 5.74) is 3.38. The van der Waals surface area contributed by atoms with Gasteiger partial charge in [0.1, 0.15) is 5.75 Å². The monoisotopic (exact) mass is 219 g/mol. The smallest absolute Gasteiger partial charge is 0.121 e. The van der Waals surface area contributed by atoms with E-state index in [1.54, 1.807) is 0 Å². The minimum atomic E-state index is 0.504. The fourth-order valence-corrected chi connectivity index (χ4v) is 2.60. The van der Waals surface area contributed by atoms with E-state index in [-0.39, 0.29) is 0 Å². The molecule has 0 aliphatic carbocycles. The van der Waals surface area contributed by atoms with Crippen molar-refractivity contribution in [2.45, 2.75) is 33.1 Å². The SMILES string of the molecule is Cc1cc(C)c(O)c(CC2CCNCC2)c1. The minimum absolute atomic E-state index is 0.504. The first-order chi connectivity index (χ1) is 7.66.